The van der Waals surface area contributed by atoms with Crippen molar-refractivity contribution in [3.8, 4) is 34.4 Å². The summed E-state index contributed by atoms with van der Waals surface area (Å²) >= 11 is 0. The molecule has 68 heavy (non-hydrogen) atoms. The van der Waals surface area contributed by atoms with Gasteiger partial charge in [-0.05, 0) is 123 Å². The maximum Gasteiger partial charge on any atom is 0.409 e. The number of carboxylic acid groups (broad SMARTS) is 1. The number of methoxy groups -OCH3 is 1. The Morgan fingerprint density at radius 1 is 0.706 bits per heavy atom. The number of hydrogen-bond acceptors (Lipinski definition) is 12. The molecule has 0 unspecified atom stereocenters. The van der Waals surface area contributed by atoms with Crippen LogP contribution in [0.5, 0.6) is 11.5 Å². The number of nitrogens with zero attached hydrogens (tertiary/aromatic N) is 3. The van der Waals surface area contributed by atoms with Gasteiger partial charge in [0, 0.05) is 30.8 Å². The Morgan fingerprint density at radius 3 is 1.74 bits per heavy atom. The zero-order chi connectivity index (χ0) is 48.0. The number of carboxylic acids is 1. The van der Waals surface area contributed by atoms with Crippen molar-refractivity contribution in [1.29, 1.82) is 0 Å². The fourth-order valence-electron chi connectivity index (χ4n) is 8.51. The van der Waals surface area contributed by atoms with Crippen LogP contribution in [0, 0.1) is 43.4 Å². The fourth-order valence-corrected chi connectivity index (χ4v) is 8.51. The molecule has 2 saturated heterocycles. The van der Waals surface area contributed by atoms with Crippen LogP contribution in [0.25, 0.3) is 22.9 Å². The predicted octanol–water partition coefficient (Wildman–Crippen LogP) is 9.76. The van der Waals surface area contributed by atoms with E-state index in [1.165, 1.54) is 17.6 Å². The van der Waals surface area contributed by atoms with Crippen molar-refractivity contribution in [3.63, 3.8) is 0 Å². The minimum atomic E-state index is -0.876. The minimum absolute atomic E-state index is 0.0571. The van der Waals surface area contributed by atoms with Crippen LogP contribution in [0.4, 0.5) is 4.79 Å². The number of oxazole rings is 2. The highest BCUT2D eigenvalue weighted by molar-refractivity contribution is 5.75. The normalized spacial score (nSPS) is 17.6. The molecule has 14 nitrogen and oxygen atoms in total. The van der Waals surface area contributed by atoms with Crippen molar-refractivity contribution in [2.45, 2.75) is 66.6 Å². The Hall–Kier alpha value is -6.93. The van der Waals surface area contributed by atoms with Crippen LogP contribution >= 0.6 is 0 Å². The van der Waals surface area contributed by atoms with E-state index in [0.29, 0.717) is 68.4 Å². The van der Waals surface area contributed by atoms with Crippen LogP contribution < -0.4 is 14.8 Å². The summed E-state index contributed by atoms with van der Waals surface area (Å²) < 4.78 is 33.9. The summed E-state index contributed by atoms with van der Waals surface area (Å²) in [4.78, 5) is 46.8. The van der Waals surface area contributed by atoms with E-state index in [2.05, 4.69) is 27.4 Å². The molecule has 4 heterocycles. The quantitative estimate of drug-likeness (QED) is 0.0780. The van der Waals surface area contributed by atoms with Crippen LogP contribution in [0.3, 0.4) is 0 Å². The number of ether oxygens (including phenoxy) is 4. The number of carbonyl (C=O) groups is 3. The topological polar surface area (TPSA) is 176 Å². The van der Waals surface area contributed by atoms with Crippen molar-refractivity contribution in [3.05, 3.63) is 143 Å². The highest BCUT2D eigenvalue weighted by Crippen LogP contribution is 2.31. The lowest BCUT2D eigenvalue weighted by Gasteiger charge is -2.17. The third kappa shape index (κ3) is 13.4. The number of carbonyl (C=O) groups excluding carboxylic acids is 2. The number of rotatable bonds is 18. The third-order valence-corrected chi connectivity index (χ3v) is 12.4. The molecule has 14 heteroatoms. The molecule has 358 valence electrons. The highest BCUT2D eigenvalue weighted by Gasteiger charge is 2.40. The summed E-state index contributed by atoms with van der Waals surface area (Å²) in [5.74, 6) is 2.90. The molecule has 4 atom stereocenters. The summed E-state index contributed by atoms with van der Waals surface area (Å²) in [6.07, 6.45) is 2.72. The number of esters is 1. The Labute approximate surface area is 398 Å². The highest BCUT2D eigenvalue weighted by atomic mass is 16.6. The molecule has 2 aromatic heterocycles. The summed E-state index contributed by atoms with van der Waals surface area (Å²) in [5, 5.41) is 13.0. The molecule has 2 fully saturated rings. The van der Waals surface area contributed by atoms with Crippen LogP contribution in [0.15, 0.2) is 118 Å². The number of nitrogens with one attached hydrogen (secondary N) is 1. The molecule has 2 aliphatic heterocycles. The van der Waals surface area contributed by atoms with Gasteiger partial charge < -0.3 is 43.1 Å². The zero-order valence-corrected chi connectivity index (χ0v) is 39.5. The van der Waals surface area contributed by atoms with E-state index in [-0.39, 0.29) is 36.9 Å². The Balaban J connectivity index is 0.000000204. The van der Waals surface area contributed by atoms with Gasteiger partial charge in [0.15, 0.2) is 0 Å². The van der Waals surface area contributed by atoms with Gasteiger partial charge in [0.1, 0.15) is 47.6 Å². The second-order valence-corrected chi connectivity index (χ2v) is 17.9. The van der Waals surface area contributed by atoms with E-state index in [9.17, 15) is 19.5 Å². The second kappa shape index (κ2) is 23.7. The summed E-state index contributed by atoms with van der Waals surface area (Å²) in [6, 6.07) is 35.5. The fraction of sp³-hybridized carbons (Fsp3) is 0.389. The molecule has 2 N–H and O–H groups in total. The van der Waals surface area contributed by atoms with Crippen LogP contribution in [0.2, 0.25) is 0 Å². The van der Waals surface area contributed by atoms with E-state index in [0.717, 1.165) is 59.0 Å². The molecule has 0 spiro atoms. The molecule has 0 aliphatic carbocycles. The molecule has 8 rings (SSSR count). The van der Waals surface area contributed by atoms with E-state index in [4.69, 9.17) is 27.8 Å². The van der Waals surface area contributed by atoms with Gasteiger partial charge >= 0.3 is 18.0 Å². The number of amides is 1. The lowest BCUT2D eigenvalue weighted by Crippen LogP contribution is -2.31. The second-order valence-electron chi connectivity index (χ2n) is 17.9. The van der Waals surface area contributed by atoms with Gasteiger partial charge in [-0.2, -0.15) is 0 Å². The smallest absolute Gasteiger partial charge is 0.409 e. The third-order valence-electron chi connectivity index (χ3n) is 12.4. The molecular weight excluding hydrogens is 865 g/mol. The first-order chi connectivity index (χ1) is 32.9. The van der Waals surface area contributed by atoms with Crippen LogP contribution in [0.1, 0.15) is 60.7 Å². The maximum absolute atomic E-state index is 12.4. The standard InChI is InChI=1S/C29H34N2O6.C25H28N2O4/c1-19(2)17-36-29(34)31-15-23(25(16-31)28(32)33)13-12-21-8-7-11-24(14-21)35-18-26-20(3)37-27(30-26)22-9-5-4-6-10-22;1-17-23(27-24(31-17)19-8-4-3-5-9-19)16-30-21-10-6-7-18(13-21)11-12-20-14-26-15-22(20)25(28)29-2/h4-11,14,19,23,25H,12-13,15-18H2,1-3H3,(H,32,33);3-10,13,20,22,26H,11-12,14-16H2,1-2H3/t23-,25+;20-,22+/m11/s1. The minimum Gasteiger partial charge on any atom is -0.487 e. The van der Waals surface area contributed by atoms with E-state index in [1.807, 2.05) is 125 Å². The molecule has 4 aromatic carbocycles. The Bertz CT molecular complexity index is 2570. The first-order valence-electron chi connectivity index (χ1n) is 23.3. The van der Waals surface area contributed by atoms with E-state index >= 15 is 0 Å². The number of likely N-dealkylation sites (tertiary alicyclic amines) is 1. The first-order valence-corrected chi connectivity index (χ1v) is 23.3. The van der Waals surface area contributed by atoms with Gasteiger partial charge in [-0.1, -0.05) is 74.5 Å². The predicted molar refractivity (Wildman–Crippen MR) is 256 cm³/mol. The Morgan fingerprint density at radius 2 is 1.24 bits per heavy atom. The lowest BCUT2D eigenvalue weighted by atomic mass is 9.90. The molecule has 0 bridgehead atoms. The first kappa shape index (κ1) is 49.0. The van der Waals surface area contributed by atoms with Crippen molar-refractivity contribution in [2.24, 2.45) is 29.6 Å². The molecule has 2 aliphatic rings. The molecular formula is C54H62N4O10. The average molecular weight is 927 g/mol. The van der Waals surface area contributed by atoms with Gasteiger partial charge in [-0.15, -0.1) is 0 Å². The lowest BCUT2D eigenvalue weighted by molar-refractivity contribution is -0.146. The van der Waals surface area contributed by atoms with Crippen LogP contribution in [-0.2, 0) is 45.1 Å². The molecule has 1 amide bonds. The number of aryl methyl sites for hydroxylation is 4. The maximum atomic E-state index is 12.4. The number of benzene rings is 4. The van der Waals surface area contributed by atoms with E-state index < -0.39 is 18.0 Å². The Kier molecular flexibility index (Phi) is 17.1. The van der Waals surface area contributed by atoms with Gasteiger partial charge in [0.25, 0.3) is 0 Å². The monoisotopic (exact) mass is 926 g/mol. The average Bonchev–Trinajstić information content (AvgIpc) is 4.18. The molecule has 0 saturated carbocycles. The van der Waals surface area contributed by atoms with Crippen molar-refractivity contribution >= 4 is 18.0 Å². The molecule has 6 aromatic rings. The largest absolute Gasteiger partial charge is 0.487 e. The van der Waals surface area contributed by atoms with Crippen LogP contribution in [-0.4, -0.2) is 77.9 Å². The van der Waals surface area contributed by atoms with E-state index in [1.54, 1.807) is 0 Å². The molecule has 0 radical (unpaired) electrons. The van der Waals surface area contributed by atoms with Gasteiger partial charge in [0.05, 0.1) is 25.6 Å². The van der Waals surface area contributed by atoms with Crippen molar-refractivity contribution in [1.82, 2.24) is 20.2 Å². The van der Waals surface area contributed by atoms with Gasteiger partial charge in [0.2, 0.25) is 11.8 Å². The number of hydrogen-bond donors (Lipinski definition) is 2. The summed E-state index contributed by atoms with van der Waals surface area (Å²) in [5.41, 5.74) is 5.63. The summed E-state index contributed by atoms with van der Waals surface area (Å²) in [7, 11) is 1.46. The van der Waals surface area contributed by atoms with Crippen molar-refractivity contribution in [2.75, 3.05) is 39.9 Å². The zero-order valence-electron chi connectivity index (χ0n) is 39.5. The SMILES string of the molecule is COC(=O)[C@H]1CNC[C@H]1CCc1cccc(OCc2nc(-c3ccccc3)oc2C)c1.Cc1oc(-c2ccccc2)nc1COc1cccc(CC[C@@H]2CN(C(=O)OCC(C)C)C[C@@H]2C(=O)O)c1. The number of aliphatic carboxylic acids is 1. The number of aromatic nitrogens is 2. The summed E-state index contributed by atoms with van der Waals surface area (Å²) in [6.45, 7) is 10.8. The van der Waals surface area contributed by atoms with Crippen molar-refractivity contribution < 1.29 is 47.3 Å². The van der Waals surface area contributed by atoms with Gasteiger partial charge in [-0.3, -0.25) is 9.59 Å². The van der Waals surface area contributed by atoms with Gasteiger partial charge in [-0.25, -0.2) is 14.8 Å².